The highest BCUT2D eigenvalue weighted by Crippen LogP contribution is 2.26. The van der Waals surface area contributed by atoms with Crippen LogP contribution >= 0.6 is 0 Å². The van der Waals surface area contributed by atoms with E-state index in [1.54, 1.807) is 0 Å². The van der Waals surface area contributed by atoms with Crippen molar-refractivity contribution >= 4 is 5.91 Å². The molecule has 2 saturated heterocycles. The topological polar surface area (TPSA) is 52.2 Å². The average molecular weight is 304 g/mol. The Morgan fingerprint density at radius 1 is 1.27 bits per heavy atom. The fourth-order valence-electron chi connectivity index (χ4n) is 3.90. The Balaban J connectivity index is 1.61. The fraction of sp³-hybridized carbons (Fsp3) is 0.765. The van der Waals surface area contributed by atoms with Gasteiger partial charge in [-0.3, -0.25) is 9.89 Å². The number of rotatable bonds is 3. The van der Waals surface area contributed by atoms with Crippen molar-refractivity contribution in [3.8, 4) is 0 Å². The van der Waals surface area contributed by atoms with Crippen LogP contribution in [0.3, 0.4) is 0 Å². The van der Waals surface area contributed by atoms with E-state index in [1.807, 2.05) is 6.92 Å². The number of fused-ring (bicyclic) bond motifs is 3. The van der Waals surface area contributed by atoms with Gasteiger partial charge in [0.15, 0.2) is 0 Å². The zero-order valence-electron chi connectivity index (χ0n) is 14.1. The molecule has 0 saturated carbocycles. The number of amides is 1. The van der Waals surface area contributed by atoms with Crippen molar-refractivity contribution in [2.24, 2.45) is 5.92 Å². The second-order valence-electron chi connectivity index (χ2n) is 7.11. The molecule has 1 aromatic rings. The molecule has 1 aromatic heterocycles. The van der Waals surface area contributed by atoms with E-state index < -0.39 is 0 Å². The summed E-state index contributed by atoms with van der Waals surface area (Å²) in [5.74, 6) is 0.947. The van der Waals surface area contributed by atoms with Crippen LogP contribution < -0.4 is 0 Å². The summed E-state index contributed by atoms with van der Waals surface area (Å²) in [5, 5.41) is 7.32. The third-order valence-electron chi connectivity index (χ3n) is 5.51. The van der Waals surface area contributed by atoms with Crippen LogP contribution in [0.1, 0.15) is 42.6 Å². The van der Waals surface area contributed by atoms with Gasteiger partial charge in [0.1, 0.15) is 0 Å². The third kappa shape index (κ3) is 3.19. The maximum atomic E-state index is 12.6. The van der Waals surface area contributed by atoms with E-state index >= 15 is 0 Å². The number of nitrogens with zero attached hydrogens (tertiary/aromatic N) is 3. The highest BCUT2D eigenvalue weighted by Gasteiger charge is 2.32. The molecule has 0 aromatic carbocycles. The van der Waals surface area contributed by atoms with Crippen molar-refractivity contribution in [1.82, 2.24) is 20.0 Å². The second-order valence-corrected chi connectivity index (χ2v) is 7.11. The first-order valence-electron chi connectivity index (χ1n) is 8.53. The number of aromatic nitrogens is 2. The van der Waals surface area contributed by atoms with Crippen LogP contribution in [0.5, 0.6) is 0 Å². The summed E-state index contributed by atoms with van der Waals surface area (Å²) in [6.07, 6.45) is 5.13. The minimum absolute atomic E-state index is 0.298. The summed E-state index contributed by atoms with van der Waals surface area (Å²) >= 11 is 0. The summed E-state index contributed by atoms with van der Waals surface area (Å²) in [6, 6.07) is 0.547. The number of carbonyl (C=O) groups excluding carboxylic acids is 1. The SMILES string of the molecule is Cc1[nH]nc(CCC(=O)N2CC3CCCC(C2)N(C)C3)c1C. The van der Waals surface area contributed by atoms with Crippen molar-refractivity contribution in [3.05, 3.63) is 17.0 Å². The molecule has 3 heterocycles. The van der Waals surface area contributed by atoms with Crippen LogP contribution in [0.4, 0.5) is 0 Å². The number of hydrogen-bond donors (Lipinski definition) is 1. The molecule has 3 rings (SSSR count). The summed E-state index contributed by atoms with van der Waals surface area (Å²) in [7, 11) is 2.22. The second kappa shape index (κ2) is 6.41. The molecule has 2 bridgehead atoms. The first-order valence-corrected chi connectivity index (χ1v) is 8.53. The van der Waals surface area contributed by atoms with Crippen molar-refractivity contribution < 1.29 is 4.79 Å². The van der Waals surface area contributed by atoms with E-state index in [2.05, 4.69) is 34.0 Å². The molecule has 0 aliphatic carbocycles. The Kier molecular flexibility index (Phi) is 4.52. The fourth-order valence-corrected chi connectivity index (χ4v) is 3.90. The Bertz CT molecular complexity index is 539. The monoisotopic (exact) mass is 304 g/mol. The summed E-state index contributed by atoms with van der Waals surface area (Å²) in [5.41, 5.74) is 3.34. The van der Waals surface area contributed by atoms with Crippen LogP contribution in [0.15, 0.2) is 0 Å². The Hall–Kier alpha value is -1.36. The van der Waals surface area contributed by atoms with Crippen molar-refractivity contribution in [2.75, 3.05) is 26.7 Å². The van der Waals surface area contributed by atoms with Crippen LogP contribution in [0, 0.1) is 19.8 Å². The first-order chi connectivity index (χ1) is 10.5. The average Bonchev–Trinajstić information content (AvgIpc) is 2.64. The lowest BCUT2D eigenvalue weighted by atomic mass is 9.99. The largest absolute Gasteiger partial charge is 0.341 e. The van der Waals surface area contributed by atoms with Crippen LogP contribution in [0.2, 0.25) is 0 Å². The van der Waals surface area contributed by atoms with Crippen molar-refractivity contribution in [2.45, 2.75) is 52.0 Å². The molecule has 5 nitrogen and oxygen atoms in total. The number of carbonyl (C=O) groups is 1. The highest BCUT2D eigenvalue weighted by atomic mass is 16.2. The normalized spacial score (nSPS) is 26.0. The Labute approximate surface area is 133 Å². The molecule has 2 unspecified atom stereocenters. The lowest BCUT2D eigenvalue weighted by Crippen LogP contribution is -2.42. The minimum atomic E-state index is 0.298. The smallest absolute Gasteiger partial charge is 0.223 e. The number of H-pyrrole nitrogens is 1. The molecule has 0 spiro atoms. The Morgan fingerprint density at radius 2 is 2.09 bits per heavy atom. The van der Waals surface area contributed by atoms with Crippen LogP contribution in [-0.2, 0) is 11.2 Å². The molecule has 2 fully saturated rings. The molecule has 22 heavy (non-hydrogen) atoms. The van der Waals surface area contributed by atoms with Gasteiger partial charge in [-0.15, -0.1) is 0 Å². The van der Waals surface area contributed by atoms with E-state index in [4.69, 9.17) is 0 Å². The predicted octanol–water partition coefficient (Wildman–Crippen LogP) is 1.90. The zero-order chi connectivity index (χ0) is 15.7. The van der Waals surface area contributed by atoms with Gasteiger partial charge in [0, 0.05) is 44.2 Å². The molecule has 0 radical (unpaired) electrons. The molecule has 2 atom stereocenters. The number of hydrogen-bond acceptors (Lipinski definition) is 3. The van der Waals surface area contributed by atoms with E-state index in [0.717, 1.165) is 37.4 Å². The molecular formula is C17H28N4O. The van der Waals surface area contributed by atoms with Gasteiger partial charge in [0.25, 0.3) is 0 Å². The summed E-state index contributed by atoms with van der Waals surface area (Å²) in [4.78, 5) is 17.2. The Morgan fingerprint density at radius 3 is 2.82 bits per heavy atom. The maximum absolute atomic E-state index is 12.6. The lowest BCUT2D eigenvalue weighted by Gasteiger charge is -2.29. The van der Waals surface area contributed by atoms with Gasteiger partial charge in [0.2, 0.25) is 5.91 Å². The number of aromatic amines is 1. The number of likely N-dealkylation sites (N-methyl/N-ethyl adjacent to an activating group) is 1. The van der Waals surface area contributed by atoms with E-state index in [0.29, 0.717) is 24.3 Å². The van der Waals surface area contributed by atoms with Gasteiger partial charge >= 0.3 is 0 Å². The number of aryl methyl sites for hydroxylation is 2. The van der Waals surface area contributed by atoms with E-state index in [9.17, 15) is 4.79 Å². The summed E-state index contributed by atoms with van der Waals surface area (Å²) in [6.45, 7) is 7.10. The van der Waals surface area contributed by atoms with Gasteiger partial charge < -0.3 is 9.80 Å². The molecule has 122 valence electrons. The van der Waals surface area contributed by atoms with E-state index in [-0.39, 0.29) is 0 Å². The molecule has 5 heteroatoms. The molecule has 1 N–H and O–H groups in total. The molecule has 1 amide bonds. The van der Waals surface area contributed by atoms with Gasteiger partial charge in [-0.2, -0.15) is 5.10 Å². The third-order valence-corrected chi connectivity index (χ3v) is 5.51. The minimum Gasteiger partial charge on any atom is -0.341 e. The molecule has 2 aliphatic heterocycles. The predicted molar refractivity (Wildman–Crippen MR) is 86.7 cm³/mol. The molecular weight excluding hydrogens is 276 g/mol. The van der Waals surface area contributed by atoms with Crippen LogP contribution in [0.25, 0.3) is 0 Å². The highest BCUT2D eigenvalue weighted by molar-refractivity contribution is 5.76. The first kappa shape index (κ1) is 15.5. The standard InChI is InChI=1S/C17H28N4O/c1-12-13(2)18-19-16(12)7-8-17(22)21-10-14-5-4-6-15(11-21)20(3)9-14/h14-15H,4-11H2,1-3H3,(H,18,19). The van der Waals surface area contributed by atoms with Crippen LogP contribution in [-0.4, -0.2) is 58.6 Å². The van der Waals surface area contributed by atoms with Gasteiger partial charge in [0.05, 0.1) is 5.69 Å². The number of likely N-dealkylation sites (tertiary alicyclic amines) is 1. The van der Waals surface area contributed by atoms with Crippen molar-refractivity contribution in [3.63, 3.8) is 0 Å². The van der Waals surface area contributed by atoms with Gasteiger partial charge in [-0.05, 0) is 45.2 Å². The van der Waals surface area contributed by atoms with E-state index in [1.165, 1.54) is 24.8 Å². The number of nitrogens with one attached hydrogen (secondary N) is 1. The lowest BCUT2D eigenvalue weighted by molar-refractivity contribution is -0.132. The quantitative estimate of drug-likeness (QED) is 0.928. The maximum Gasteiger partial charge on any atom is 0.223 e. The molecule has 2 aliphatic rings. The zero-order valence-corrected chi connectivity index (χ0v) is 14.1. The van der Waals surface area contributed by atoms with Crippen molar-refractivity contribution in [1.29, 1.82) is 0 Å². The van der Waals surface area contributed by atoms with Gasteiger partial charge in [-0.1, -0.05) is 6.42 Å². The summed E-state index contributed by atoms with van der Waals surface area (Å²) < 4.78 is 0. The van der Waals surface area contributed by atoms with Gasteiger partial charge in [-0.25, -0.2) is 0 Å².